The standard InChI is InChI=1S/C13H18N2O2/c16-13(17)11-8-5-9-14-12(11)15-10-6-3-1-2-4-7-10/h5,8-10H,1-4,6-7H2,(H,14,15)(H,16,17). The average molecular weight is 234 g/mol. The van der Waals surface area contributed by atoms with Gasteiger partial charge in [0.05, 0.1) is 0 Å². The number of hydrogen-bond donors (Lipinski definition) is 2. The zero-order chi connectivity index (χ0) is 12.1. The molecule has 17 heavy (non-hydrogen) atoms. The van der Waals surface area contributed by atoms with Gasteiger partial charge in [0.15, 0.2) is 0 Å². The lowest BCUT2D eigenvalue weighted by molar-refractivity contribution is 0.0697. The molecule has 0 spiro atoms. The van der Waals surface area contributed by atoms with Crippen LogP contribution in [0.3, 0.4) is 0 Å². The molecule has 1 saturated carbocycles. The first-order chi connectivity index (χ1) is 8.27. The fraction of sp³-hybridized carbons (Fsp3) is 0.538. The molecule has 2 rings (SSSR count). The van der Waals surface area contributed by atoms with Crippen molar-refractivity contribution in [1.82, 2.24) is 4.98 Å². The van der Waals surface area contributed by atoms with Crippen molar-refractivity contribution in [3.05, 3.63) is 23.9 Å². The third-order valence-electron chi connectivity index (χ3n) is 3.23. The SMILES string of the molecule is O=C(O)c1cccnc1NC1CCCCCC1. The van der Waals surface area contributed by atoms with Crippen LogP contribution >= 0.6 is 0 Å². The monoisotopic (exact) mass is 234 g/mol. The summed E-state index contributed by atoms with van der Waals surface area (Å²) in [5.41, 5.74) is 0.261. The van der Waals surface area contributed by atoms with Gasteiger partial charge < -0.3 is 10.4 Å². The van der Waals surface area contributed by atoms with Gasteiger partial charge in [-0.3, -0.25) is 0 Å². The van der Waals surface area contributed by atoms with Crippen LogP contribution in [-0.2, 0) is 0 Å². The molecular formula is C13H18N2O2. The van der Waals surface area contributed by atoms with Crippen molar-refractivity contribution < 1.29 is 9.90 Å². The van der Waals surface area contributed by atoms with Crippen LogP contribution in [0.15, 0.2) is 18.3 Å². The summed E-state index contributed by atoms with van der Waals surface area (Å²) in [6, 6.07) is 3.61. The lowest BCUT2D eigenvalue weighted by Gasteiger charge is -2.17. The number of anilines is 1. The molecule has 1 aromatic heterocycles. The van der Waals surface area contributed by atoms with Crippen LogP contribution in [0.1, 0.15) is 48.9 Å². The molecule has 0 atom stereocenters. The molecule has 2 N–H and O–H groups in total. The van der Waals surface area contributed by atoms with Crippen LogP contribution in [0.25, 0.3) is 0 Å². The highest BCUT2D eigenvalue weighted by Gasteiger charge is 2.16. The summed E-state index contributed by atoms with van der Waals surface area (Å²) < 4.78 is 0. The third kappa shape index (κ3) is 3.19. The normalized spacial score (nSPS) is 17.4. The second-order valence-electron chi connectivity index (χ2n) is 4.54. The number of carboxylic acids is 1. The van der Waals surface area contributed by atoms with E-state index in [1.165, 1.54) is 25.7 Å². The first-order valence-electron chi connectivity index (χ1n) is 6.22. The van der Waals surface area contributed by atoms with Gasteiger partial charge in [0, 0.05) is 12.2 Å². The molecule has 1 aliphatic carbocycles. The van der Waals surface area contributed by atoms with E-state index in [0.29, 0.717) is 11.9 Å². The molecule has 0 aliphatic heterocycles. The number of aromatic carboxylic acids is 1. The van der Waals surface area contributed by atoms with Gasteiger partial charge in [-0.05, 0) is 25.0 Å². The van der Waals surface area contributed by atoms with E-state index in [1.807, 2.05) is 0 Å². The number of carbonyl (C=O) groups is 1. The summed E-state index contributed by atoms with van der Waals surface area (Å²) in [4.78, 5) is 15.2. The zero-order valence-corrected chi connectivity index (χ0v) is 9.85. The van der Waals surface area contributed by atoms with Gasteiger partial charge in [0.25, 0.3) is 0 Å². The Kier molecular flexibility index (Phi) is 3.96. The Morgan fingerprint density at radius 2 is 2.00 bits per heavy atom. The van der Waals surface area contributed by atoms with Crippen molar-refractivity contribution in [2.24, 2.45) is 0 Å². The predicted octanol–water partition coefficient (Wildman–Crippen LogP) is 2.91. The van der Waals surface area contributed by atoms with E-state index in [2.05, 4.69) is 10.3 Å². The van der Waals surface area contributed by atoms with E-state index >= 15 is 0 Å². The Labute approximate surface area is 101 Å². The number of nitrogens with one attached hydrogen (secondary N) is 1. The van der Waals surface area contributed by atoms with Gasteiger partial charge in [-0.1, -0.05) is 25.7 Å². The van der Waals surface area contributed by atoms with Crippen LogP contribution in [0.5, 0.6) is 0 Å². The summed E-state index contributed by atoms with van der Waals surface area (Å²) >= 11 is 0. The van der Waals surface area contributed by atoms with Crippen molar-refractivity contribution in [3.8, 4) is 0 Å². The largest absolute Gasteiger partial charge is 0.478 e. The van der Waals surface area contributed by atoms with E-state index in [1.54, 1.807) is 18.3 Å². The quantitative estimate of drug-likeness (QED) is 0.789. The molecule has 0 aromatic carbocycles. The van der Waals surface area contributed by atoms with Crippen molar-refractivity contribution in [1.29, 1.82) is 0 Å². The van der Waals surface area contributed by atoms with Crippen molar-refractivity contribution in [2.45, 2.75) is 44.6 Å². The summed E-state index contributed by atoms with van der Waals surface area (Å²) in [6.07, 6.45) is 8.84. The van der Waals surface area contributed by atoms with Crippen LogP contribution in [0, 0.1) is 0 Å². The van der Waals surface area contributed by atoms with Crippen molar-refractivity contribution in [3.63, 3.8) is 0 Å². The fourth-order valence-corrected chi connectivity index (χ4v) is 2.31. The molecule has 4 heteroatoms. The Bertz CT molecular complexity index is 385. The number of rotatable bonds is 3. The van der Waals surface area contributed by atoms with Crippen LogP contribution in [0.2, 0.25) is 0 Å². The van der Waals surface area contributed by atoms with Crippen LogP contribution in [0.4, 0.5) is 5.82 Å². The first-order valence-corrected chi connectivity index (χ1v) is 6.22. The topological polar surface area (TPSA) is 62.2 Å². The van der Waals surface area contributed by atoms with Crippen molar-refractivity contribution >= 4 is 11.8 Å². The highest BCUT2D eigenvalue weighted by Crippen LogP contribution is 2.21. The number of carboxylic acid groups (broad SMARTS) is 1. The minimum atomic E-state index is -0.922. The van der Waals surface area contributed by atoms with Crippen LogP contribution in [-0.4, -0.2) is 22.1 Å². The first kappa shape index (κ1) is 11.9. The minimum absolute atomic E-state index is 0.261. The van der Waals surface area contributed by atoms with E-state index in [0.717, 1.165) is 12.8 Å². The molecule has 0 amide bonds. The van der Waals surface area contributed by atoms with E-state index in [4.69, 9.17) is 5.11 Å². The maximum absolute atomic E-state index is 11.1. The summed E-state index contributed by atoms with van der Waals surface area (Å²) in [5, 5.41) is 12.3. The molecule has 0 unspecified atom stereocenters. The Morgan fingerprint density at radius 3 is 2.65 bits per heavy atom. The fourth-order valence-electron chi connectivity index (χ4n) is 2.31. The second-order valence-corrected chi connectivity index (χ2v) is 4.54. The Morgan fingerprint density at radius 1 is 1.29 bits per heavy atom. The van der Waals surface area contributed by atoms with Gasteiger partial charge in [0.1, 0.15) is 11.4 Å². The number of aromatic nitrogens is 1. The molecular weight excluding hydrogens is 216 g/mol. The highest BCUT2D eigenvalue weighted by atomic mass is 16.4. The van der Waals surface area contributed by atoms with Gasteiger partial charge in [-0.15, -0.1) is 0 Å². The van der Waals surface area contributed by atoms with Gasteiger partial charge >= 0.3 is 5.97 Å². The highest BCUT2D eigenvalue weighted by molar-refractivity contribution is 5.93. The summed E-state index contributed by atoms with van der Waals surface area (Å²) in [5.74, 6) is -0.416. The summed E-state index contributed by atoms with van der Waals surface area (Å²) in [7, 11) is 0. The van der Waals surface area contributed by atoms with Crippen LogP contribution < -0.4 is 5.32 Å². The molecule has 0 radical (unpaired) electrons. The molecule has 1 fully saturated rings. The molecule has 92 valence electrons. The molecule has 1 aromatic rings. The van der Waals surface area contributed by atoms with E-state index in [9.17, 15) is 4.79 Å². The Hall–Kier alpha value is -1.58. The van der Waals surface area contributed by atoms with E-state index < -0.39 is 5.97 Å². The molecule has 0 bridgehead atoms. The van der Waals surface area contributed by atoms with Crippen molar-refractivity contribution in [2.75, 3.05) is 5.32 Å². The molecule has 1 heterocycles. The lowest BCUT2D eigenvalue weighted by atomic mass is 10.1. The number of nitrogens with zero attached hydrogens (tertiary/aromatic N) is 1. The van der Waals surface area contributed by atoms with Gasteiger partial charge in [-0.25, -0.2) is 9.78 Å². The Balaban J connectivity index is 2.09. The number of hydrogen-bond acceptors (Lipinski definition) is 3. The van der Waals surface area contributed by atoms with E-state index in [-0.39, 0.29) is 5.56 Å². The molecule has 1 aliphatic rings. The number of pyridine rings is 1. The lowest BCUT2D eigenvalue weighted by Crippen LogP contribution is -2.21. The minimum Gasteiger partial charge on any atom is -0.478 e. The maximum Gasteiger partial charge on any atom is 0.339 e. The van der Waals surface area contributed by atoms with Gasteiger partial charge in [-0.2, -0.15) is 0 Å². The smallest absolute Gasteiger partial charge is 0.339 e. The second kappa shape index (κ2) is 5.66. The third-order valence-corrected chi connectivity index (χ3v) is 3.23. The predicted molar refractivity (Wildman–Crippen MR) is 66.3 cm³/mol. The zero-order valence-electron chi connectivity index (χ0n) is 9.85. The van der Waals surface area contributed by atoms with Gasteiger partial charge in [0.2, 0.25) is 0 Å². The summed E-state index contributed by atoms with van der Waals surface area (Å²) in [6.45, 7) is 0. The maximum atomic E-state index is 11.1. The molecule has 4 nitrogen and oxygen atoms in total. The average Bonchev–Trinajstić information content (AvgIpc) is 2.58. The molecule has 0 saturated heterocycles.